The molecule has 1 aliphatic rings. The van der Waals surface area contributed by atoms with E-state index in [-0.39, 0.29) is 41.8 Å². The van der Waals surface area contributed by atoms with Crippen molar-refractivity contribution in [2.24, 2.45) is 0 Å². The van der Waals surface area contributed by atoms with Crippen molar-refractivity contribution >= 4 is 63.3 Å². The van der Waals surface area contributed by atoms with E-state index in [9.17, 15) is 19.5 Å². The van der Waals surface area contributed by atoms with Gasteiger partial charge in [0.25, 0.3) is 0 Å². The van der Waals surface area contributed by atoms with Gasteiger partial charge in [-0.25, -0.2) is 14.6 Å². The molecule has 6 rings (SSSR count). The summed E-state index contributed by atoms with van der Waals surface area (Å²) in [5, 5.41) is 20.6. The van der Waals surface area contributed by atoms with Crippen molar-refractivity contribution in [1.82, 2.24) is 10.3 Å². The van der Waals surface area contributed by atoms with E-state index in [1.54, 1.807) is 54.7 Å². The van der Waals surface area contributed by atoms with Gasteiger partial charge in [0.1, 0.15) is 11.5 Å². The molecule has 1 aromatic heterocycles. The van der Waals surface area contributed by atoms with Crippen LogP contribution in [0.25, 0.3) is 10.8 Å². The van der Waals surface area contributed by atoms with Crippen LogP contribution < -0.4 is 25.4 Å². The number of carbonyl (C=O) groups excluding carboxylic acids is 2. The van der Waals surface area contributed by atoms with Gasteiger partial charge >= 0.3 is 12.0 Å². The summed E-state index contributed by atoms with van der Waals surface area (Å²) in [5.74, 6) is 0.294. The van der Waals surface area contributed by atoms with Gasteiger partial charge in [0.15, 0.2) is 0 Å². The van der Waals surface area contributed by atoms with Crippen LogP contribution in [0.4, 0.5) is 16.2 Å². The second-order valence-corrected chi connectivity index (χ2v) is 12.5. The Morgan fingerprint density at radius 3 is 2.24 bits per heavy atom. The van der Waals surface area contributed by atoms with Gasteiger partial charge in [-0.15, -0.1) is 0 Å². The zero-order chi connectivity index (χ0) is 34.3. The maximum absolute atomic E-state index is 12.5. The van der Waals surface area contributed by atoms with Crippen LogP contribution in [0.2, 0.25) is 10.0 Å². The van der Waals surface area contributed by atoms with Crippen LogP contribution in [0.1, 0.15) is 41.6 Å². The first-order valence-corrected chi connectivity index (χ1v) is 16.4. The van der Waals surface area contributed by atoms with Gasteiger partial charge in [0.2, 0.25) is 11.8 Å². The summed E-state index contributed by atoms with van der Waals surface area (Å²) in [6.07, 6.45) is 4.87. The van der Waals surface area contributed by atoms with Crippen LogP contribution in [0.3, 0.4) is 0 Å². The number of carbonyl (C=O) groups is 3. The quantitative estimate of drug-likeness (QED) is 0.114. The lowest BCUT2D eigenvalue weighted by molar-refractivity contribution is -0.115. The molecule has 250 valence electrons. The number of aromatic carboxylic acids is 1. The number of pyridine rings is 1. The molecule has 1 heterocycles. The van der Waals surface area contributed by atoms with Gasteiger partial charge in [0, 0.05) is 24.0 Å². The molecule has 0 unspecified atom stereocenters. The van der Waals surface area contributed by atoms with E-state index >= 15 is 0 Å². The SMILES string of the molecule is O=C(Cc1ccc(Oc2ccc3cc(OC4CCC(NC(=O)Nc5ccc(Cl)c(Cl)c5)CC4)ccc3c2)nc1)Nc1ccccc1C(=O)O. The molecule has 0 aliphatic heterocycles. The first kappa shape index (κ1) is 33.6. The molecule has 0 radical (unpaired) electrons. The lowest BCUT2D eigenvalue weighted by Crippen LogP contribution is -2.41. The van der Waals surface area contributed by atoms with Gasteiger partial charge in [-0.1, -0.05) is 53.5 Å². The predicted molar refractivity (Wildman–Crippen MR) is 189 cm³/mol. The summed E-state index contributed by atoms with van der Waals surface area (Å²) in [5.41, 5.74) is 1.49. The summed E-state index contributed by atoms with van der Waals surface area (Å²) in [6.45, 7) is 0. The molecule has 4 aromatic carbocycles. The highest BCUT2D eigenvalue weighted by molar-refractivity contribution is 6.42. The Labute approximate surface area is 292 Å². The first-order valence-electron chi connectivity index (χ1n) is 15.7. The Morgan fingerprint density at radius 2 is 1.53 bits per heavy atom. The van der Waals surface area contributed by atoms with Crippen molar-refractivity contribution in [2.45, 2.75) is 44.2 Å². The van der Waals surface area contributed by atoms with E-state index in [2.05, 4.69) is 20.9 Å². The molecule has 4 N–H and O–H groups in total. The molecule has 1 fully saturated rings. The second kappa shape index (κ2) is 15.3. The number of hydrogen-bond donors (Lipinski definition) is 4. The van der Waals surface area contributed by atoms with Gasteiger partial charge in [0.05, 0.1) is 33.8 Å². The Bertz CT molecular complexity index is 2000. The highest BCUT2D eigenvalue weighted by Crippen LogP contribution is 2.30. The van der Waals surface area contributed by atoms with Crippen molar-refractivity contribution in [2.75, 3.05) is 10.6 Å². The number of hydrogen-bond acceptors (Lipinski definition) is 6. The average molecular weight is 700 g/mol. The van der Waals surface area contributed by atoms with E-state index in [1.165, 1.54) is 6.07 Å². The molecule has 3 amide bonds. The zero-order valence-electron chi connectivity index (χ0n) is 26.1. The Kier molecular flexibility index (Phi) is 10.5. The molecule has 0 spiro atoms. The van der Waals surface area contributed by atoms with Crippen LogP contribution >= 0.6 is 23.2 Å². The number of nitrogens with one attached hydrogen (secondary N) is 3. The number of para-hydroxylation sites is 1. The van der Waals surface area contributed by atoms with E-state index in [1.807, 2.05) is 36.4 Å². The fourth-order valence-corrected chi connectivity index (χ4v) is 5.94. The Balaban J connectivity index is 0.971. The van der Waals surface area contributed by atoms with E-state index in [0.717, 1.165) is 42.2 Å². The molecular weight excluding hydrogens is 667 g/mol. The number of benzene rings is 4. The predicted octanol–water partition coefficient (Wildman–Crippen LogP) is 8.73. The fraction of sp³-hybridized carbons (Fsp3) is 0.189. The van der Waals surface area contributed by atoms with Gasteiger partial charge in [-0.3, -0.25) is 4.79 Å². The van der Waals surface area contributed by atoms with Gasteiger partial charge in [-0.2, -0.15) is 0 Å². The number of rotatable bonds is 10. The van der Waals surface area contributed by atoms with Crippen LogP contribution in [0.5, 0.6) is 17.4 Å². The van der Waals surface area contributed by atoms with E-state index < -0.39 is 5.97 Å². The maximum atomic E-state index is 12.5. The fourth-order valence-electron chi connectivity index (χ4n) is 5.64. The molecule has 49 heavy (non-hydrogen) atoms. The minimum Gasteiger partial charge on any atom is -0.490 e. The third kappa shape index (κ3) is 8.98. The molecule has 5 aromatic rings. The van der Waals surface area contributed by atoms with Crippen LogP contribution in [-0.4, -0.2) is 40.1 Å². The van der Waals surface area contributed by atoms with Crippen molar-refractivity contribution in [3.63, 3.8) is 0 Å². The molecule has 0 atom stereocenters. The molecule has 0 saturated heterocycles. The van der Waals surface area contributed by atoms with Crippen LogP contribution in [0.15, 0.2) is 97.2 Å². The number of amides is 3. The number of carboxylic acids is 1. The summed E-state index contributed by atoms with van der Waals surface area (Å²) >= 11 is 12.0. The molecular formula is C37H32Cl2N4O6. The molecule has 10 nitrogen and oxygen atoms in total. The number of nitrogens with zero attached hydrogens (tertiary/aromatic N) is 1. The molecule has 12 heteroatoms. The van der Waals surface area contributed by atoms with Crippen LogP contribution in [0, 0.1) is 0 Å². The second-order valence-electron chi connectivity index (χ2n) is 11.7. The van der Waals surface area contributed by atoms with Gasteiger partial charge < -0.3 is 30.5 Å². The number of anilines is 2. The summed E-state index contributed by atoms with van der Waals surface area (Å²) in [7, 11) is 0. The van der Waals surface area contributed by atoms with E-state index in [4.69, 9.17) is 32.7 Å². The van der Waals surface area contributed by atoms with Crippen molar-refractivity contribution < 1.29 is 29.0 Å². The van der Waals surface area contributed by atoms with Crippen LogP contribution in [-0.2, 0) is 11.2 Å². The van der Waals surface area contributed by atoms with Gasteiger partial charge in [-0.05, 0) is 96.6 Å². The normalized spacial score (nSPS) is 15.6. The number of aromatic nitrogens is 1. The molecule has 1 aliphatic carbocycles. The highest BCUT2D eigenvalue weighted by atomic mass is 35.5. The highest BCUT2D eigenvalue weighted by Gasteiger charge is 2.24. The number of urea groups is 1. The van der Waals surface area contributed by atoms with Crippen molar-refractivity contribution in [3.8, 4) is 17.4 Å². The number of halogens is 2. The van der Waals surface area contributed by atoms with E-state index in [0.29, 0.717) is 32.9 Å². The standard InChI is InChI=1S/C37H32Cl2N4O6/c38-31-15-10-26(20-32(31)39)42-37(47)41-25-8-13-27(14-9-25)48-28-11-6-24-19-29(12-7-23(24)18-28)49-35-16-5-22(21-40-35)17-34(44)43-33-4-2-1-3-30(33)36(45)46/h1-7,10-12,15-16,18-21,25,27H,8-9,13-14,17H2,(H,43,44)(H,45,46)(H2,41,42,47). The minimum atomic E-state index is -1.11. The third-order valence-electron chi connectivity index (χ3n) is 8.09. The monoisotopic (exact) mass is 698 g/mol. The number of ether oxygens (including phenoxy) is 2. The average Bonchev–Trinajstić information content (AvgIpc) is 3.08. The Morgan fingerprint density at radius 1 is 0.796 bits per heavy atom. The minimum absolute atomic E-state index is 0.0231. The Hall–Kier alpha value is -5.32. The topological polar surface area (TPSA) is 139 Å². The third-order valence-corrected chi connectivity index (χ3v) is 8.83. The largest absolute Gasteiger partial charge is 0.490 e. The molecule has 0 bridgehead atoms. The molecule has 1 saturated carbocycles. The first-order chi connectivity index (χ1) is 23.7. The summed E-state index contributed by atoms with van der Waals surface area (Å²) < 4.78 is 12.3. The summed E-state index contributed by atoms with van der Waals surface area (Å²) in [6, 6.07) is 26.0. The summed E-state index contributed by atoms with van der Waals surface area (Å²) in [4.78, 5) is 40.7. The zero-order valence-corrected chi connectivity index (χ0v) is 27.6. The van der Waals surface area contributed by atoms with Crippen molar-refractivity contribution in [3.05, 3.63) is 118 Å². The number of carboxylic acid groups (broad SMARTS) is 1. The lowest BCUT2D eigenvalue weighted by Gasteiger charge is -2.29. The lowest BCUT2D eigenvalue weighted by atomic mass is 9.93. The maximum Gasteiger partial charge on any atom is 0.337 e. The van der Waals surface area contributed by atoms with Crippen molar-refractivity contribution in [1.29, 1.82) is 0 Å². The smallest absolute Gasteiger partial charge is 0.337 e. The number of fused-ring (bicyclic) bond motifs is 1.